The lowest BCUT2D eigenvalue weighted by molar-refractivity contribution is -0.284. The molecule has 2 aliphatic heterocycles. The van der Waals surface area contributed by atoms with Gasteiger partial charge in [0.1, 0.15) is 23.9 Å². The zero-order chi connectivity index (χ0) is 29.3. The highest BCUT2D eigenvalue weighted by molar-refractivity contribution is 6.74. The van der Waals surface area contributed by atoms with Gasteiger partial charge in [-0.25, -0.2) is 0 Å². The van der Waals surface area contributed by atoms with Gasteiger partial charge in [-0.1, -0.05) is 41.5 Å². The second kappa shape index (κ2) is 12.1. The molecule has 2 heterocycles. The number of hydrogen-bond donors (Lipinski definition) is 0. The van der Waals surface area contributed by atoms with Crippen molar-refractivity contribution >= 4 is 28.9 Å². The van der Waals surface area contributed by atoms with Crippen LogP contribution < -0.4 is 0 Å². The molecule has 38 heavy (non-hydrogen) atoms. The molecule has 0 bridgehead atoms. The van der Waals surface area contributed by atoms with Gasteiger partial charge in [0.2, 0.25) is 0 Å². The van der Waals surface area contributed by atoms with Gasteiger partial charge in [-0.2, -0.15) is 0 Å². The maximum absolute atomic E-state index is 13.6. The maximum atomic E-state index is 13.6. The molecule has 2 rings (SSSR count). The molecular weight excluding hydrogens is 524 g/mol. The predicted molar refractivity (Wildman–Crippen MR) is 150 cm³/mol. The average Bonchev–Trinajstić information content (AvgIpc) is 3.28. The SMILES string of the molecule is CO[C@H]1O[C@H](C)[C@@H](OC(=O)[C@@](C)(C=O)CC2OCCO2)[C@H](O[Si](C)(C)C(C)(C)C)[C@H]1O[Si](C)(C)C(C)(C)C. The third kappa shape index (κ3) is 7.54. The minimum atomic E-state index is -2.38. The number of esters is 1. The molecule has 0 aromatic carbocycles. The van der Waals surface area contributed by atoms with Crippen LogP contribution in [0.5, 0.6) is 0 Å². The topological polar surface area (TPSA) is 98.8 Å². The molecule has 0 aromatic rings. The fourth-order valence-electron chi connectivity index (χ4n) is 3.93. The van der Waals surface area contributed by atoms with Gasteiger partial charge in [-0.05, 0) is 50.1 Å². The zero-order valence-corrected chi connectivity index (χ0v) is 27.8. The third-order valence-electron chi connectivity index (χ3n) is 8.68. The number of methoxy groups -OCH3 is 1. The molecule has 0 unspecified atom stereocenters. The van der Waals surface area contributed by atoms with Gasteiger partial charge in [0.25, 0.3) is 0 Å². The molecule has 0 radical (unpaired) electrons. The molecule has 2 aliphatic rings. The summed E-state index contributed by atoms with van der Waals surface area (Å²) >= 11 is 0. The fourth-order valence-corrected chi connectivity index (χ4v) is 6.51. The highest BCUT2D eigenvalue weighted by atomic mass is 28.4. The van der Waals surface area contributed by atoms with E-state index >= 15 is 0 Å². The molecule has 6 atom stereocenters. The van der Waals surface area contributed by atoms with Crippen molar-refractivity contribution in [1.29, 1.82) is 0 Å². The van der Waals surface area contributed by atoms with Crippen LogP contribution in [0.15, 0.2) is 0 Å². The summed E-state index contributed by atoms with van der Waals surface area (Å²) in [7, 11) is -3.12. The molecule has 11 heteroatoms. The van der Waals surface area contributed by atoms with Crippen molar-refractivity contribution in [1.82, 2.24) is 0 Å². The molecule has 0 saturated carbocycles. The quantitative estimate of drug-likeness (QED) is 0.153. The van der Waals surface area contributed by atoms with E-state index in [1.165, 1.54) is 0 Å². The number of hydrogen-bond acceptors (Lipinski definition) is 9. The summed E-state index contributed by atoms with van der Waals surface area (Å²) in [5, 5.41) is -0.193. The first-order valence-electron chi connectivity index (χ1n) is 13.6. The van der Waals surface area contributed by atoms with E-state index in [-0.39, 0.29) is 16.5 Å². The van der Waals surface area contributed by atoms with Crippen LogP contribution in [0.25, 0.3) is 0 Å². The molecule has 0 aliphatic carbocycles. The minimum Gasteiger partial charge on any atom is -0.456 e. The Morgan fingerprint density at radius 3 is 1.76 bits per heavy atom. The molecule has 0 aromatic heterocycles. The first-order valence-corrected chi connectivity index (χ1v) is 19.5. The highest BCUT2D eigenvalue weighted by Crippen LogP contribution is 2.44. The Balaban J connectivity index is 2.49. The van der Waals surface area contributed by atoms with Gasteiger partial charge in [0.15, 0.2) is 35.3 Å². The van der Waals surface area contributed by atoms with Gasteiger partial charge in [0.05, 0.1) is 19.3 Å². The second-order valence-corrected chi connectivity index (χ2v) is 23.4. The third-order valence-corrected chi connectivity index (χ3v) is 17.6. The minimum absolute atomic E-state index is 0.0651. The highest BCUT2D eigenvalue weighted by Gasteiger charge is 2.55. The van der Waals surface area contributed by atoms with Crippen LogP contribution in [-0.2, 0) is 42.1 Å². The summed E-state index contributed by atoms with van der Waals surface area (Å²) in [4.78, 5) is 25.8. The summed E-state index contributed by atoms with van der Waals surface area (Å²) < 4.78 is 43.0. The van der Waals surface area contributed by atoms with Crippen molar-refractivity contribution in [3.05, 3.63) is 0 Å². The number of carbonyl (C=O) groups is 2. The van der Waals surface area contributed by atoms with Gasteiger partial charge in [0, 0.05) is 13.5 Å². The Morgan fingerprint density at radius 2 is 1.34 bits per heavy atom. The predicted octanol–water partition coefficient (Wildman–Crippen LogP) is 5.04. The van der Waals surface area contributed by atoms with E-state index in [1.54, 1.807) is 14.0 Å². The van der Waals surface area contributed by atoms with E-state index in [0.717, 1.165) is 0 Å². The standard InChI is InChI=1S/C27H52O9Si2/c1-18-20(34-24(29)27(8,17-28)16-19-31-14-15-32-19)21(35-37(10,11)25(2,3)4)22(23(30-9)33-18)36-38(12,13)26(5,6)7/h17-23H,14-16H2,1-13H3/t18-,20-,21+,22-,23+,27-/m1/s1. The number of ether oxygens (including phenoxy) is 5. The lowest BCUT2D eigenvalue weighted by Crippen LogP contribution is -2.66. The number of rotatable bonds is 10. The van der Waals surface area contributed by atoms with E-state index in [1.807, 2.05) is 6.92 Å². The normalized spacial score (nSPS) is 29.7. The van der Waals surface area contributed by atoms with Crippen LogP contribution in [0.1, 0.15) is 61.8 Å². The zero-order valence-electron chi connectivity index (χ0n) is 25.8. The van der Waals surface area contributed by atoms with Gasteiger partial charge >= 0.3 is 5.97 Å². The van der Waals surface area contributed by atoms with Crippen molar-refractivity contribution in [2.75, 3.05) is 20.3 Å². The average molecular weight is 577 g/mol. The summed E-state index contributed by atoms with van der Waals surface area (Å²) in [5.74, 6) is -0.669. The van der Waals surface area contributed by atoms with E-state index in [0.29, 0.717) is 19.5 Å². The van der Waals surface area contributed by atoms with Crippen LogP contribution in [0.2, 0.25) is 36.3 Å². The largest absolute Gasteiger partial charge is 0.456 e. The van der Waals surface area contributed by atoms with E-state index < -0.39 is 65.0 Å². The Kier molecular flexibility index (Phi) is 10.6. The molecule has 9 nitrogen and oxygen atoms in total. The van der Waals surface area contributed by atoms with E-state index in [9.17, 15) is 9.59 Å². The van der Waals surface area contributed by atoms with E-state index in [4.69, 9.17) is 32.5 Å². The fraction of sp³-hybridized carbons (Fsp3) is 0.926. The van der Waals surface area contributed by atoms with Crippen molar-refractivity contribution in [2.24, 2.45) is 5.41 Å². The smallest absolute Gasteiger partial charge is 0.319 e. The summed E-state index contributed by atoms with van der Waals surface area (Å²) in [6.07, 6.45) is -3.33. The summed E-state index contributed by atoms with van der Waals surface area (Å²) in [5.41, 5.74) is -1.45. The first-order chi connectivity index (χ1) is 17.2. The lowest BCUT2D eigenvalue weighted by Gasteiger charge is -2.51. The van der Waals surface area contributed by atoms with Crippen LogP contribution >= 0.6 is 0 Å². The summed E-state index contributed by atoms with van der Waals surface area (Å²) in [6.45, 7) is 25.8. The molecule has 222 valence electrons. The van der Waals surface area contributed by atoms with Crippen LogP contribution in [0, 0.1) is 5.41 Å². The van der Waals surface area contributed by atoms with Gasteiger partial charge < -0.3 is 37.3 Å². The van der Waals surface area contributed by atoms with Gasteiger partial charge in [-0.3, -0.25) is 4.79 Å². The van der Waals surface area contributed by atoms with Gasteiger partial charge in [-0.15, -0.1) is 0 Å². The monoisotopic (exact) mass is 576 g/mol. The maximum Gasteiger partial charge on any atom is 0.319 e. The van der Waals surface area contributed by atoms with Crippen molar-refractivity contribution in [3.8, 4) is 0 Å². The number of carbonyl (C=O) groups excluding carboxylic acids is 2. The van der Waals surface area contributed by atoms with Crippen LogP contribution in [0.4, 0.5) is 0 Å². The van der Waals surface area contributed by atoms with E-state index in [2.05, 4.69) is 67.7 Å². The van der Waals surface area contributed by atoms with Crippen molar-refractivity contribution in [2.45, 2.75) is 135 Å². The Hall–Kier alpha value is -0.666. The molecule has 2 fully saturated rings. The van der Waals surface area contributed by atoms with Crippen LogP contribution in [0.3, 0.4) is 0 Å². The summed E-state index contributed by atoms with van der Waals surface area (Å²) in [6, 6.07) is 0. The van der Waals surface area contributed by atoms with Crippen molar-refractivity contribution in [3.63, 3.8) is 0 Å². The molecule has 2 saturated heterocycles. The Morgan fingerprint density at radius 1 is 0.868 bits per heavy atom. The Labute approximate surface area is 231 Å². The van der Waals surface area contributed by atoms with Crippen molar-refractivity contribution < 1.29 is 42.1 Å². The van der Waals surface area contributed by atoms with Crippen LogP contribution in [-0.4, -0.2) is 86.2 Å². The first kappa shape index (κ1) is 33.5. The number of aldehydes is 1. The lowest BCUT2D eigenvalue weighted by atomic mass is 9.88. The molecule has 0 N–H and O–H groups in total. The molecule has 0 spiro atoms. The molecular formula is C27H52O9Si2. The Bertz CT molecular complexity index is 814. The molecule has 0 amide bonds. The second-order valence-electron chi connectivity index (χ2n) is 13.9.